The number of ether oxygens (including phenoxy) is 2. The fraction of sp³-hybridized carbons (Fsp3) is 0.300. The molecule has 0 radical (unpaired) electrons. The Morgan fingerprint density at radius 1 is 1.19 bits per heavy atom. The third-order valence-corrected chi connectivity index (χ3v) is 4.22. The van der Waals surface area contributed by atoms with E-state index in [1.165, 1.54) is 5.69 Å². The van der Waals surface area contributed by atoms with Crippen molar-refractivity contribution in [3.8, 4) is 5.75 Å². The number of para-hydroxylation sites is 2. The average Bonchev–Trinajstić information content (AvgIpc) is 2.73. The fourth-order valence-electron chi connectivity index (χ4n) is 2.78. The Labute approximate surface area is 159 Å². The zero-order valence-corrected chi connectivity index (χ0v) is 15.4. The SMILES string of the molecule is COc1ccccc1NCC(=O)N/N=C/c1ccc(N2CCOCC2)cc1. The molecule has 142 valence electrons. The Hall–Kier alpha value is -3.06. The van der Waals surface area contributed by atoms with E-state index in [0.29, 0.717) is 5.75 Å². The monoisotopic (exact) mass is 368 g/mol. The molecule has 1 heterocycles. The molecule has 0 aromatic heterocycles. The molecule has 2 aromatic rings. The second kappa shape index (κ2) is 9.59. The molecule has 0 saturated carbocycles. The van der Waals surface area contributed by atoms with E-state index in [-0.39, 0.29) is 12.5 Å². The van der Waals surface area contributed by atoms with Gasteiger partial charge in [0, 0.05) is 18.8 Å². The summed E-state index contributed by atoms with van der Waals surface area (Å²) >= 11 is 0. The Bertz CT molecular complexity index is 771. The Kier molecular flexibility index (Phi) is 6.65. The average molecular weight is 368 g/mol. The van der Waals surface area contributed by atoms with Crippen molar-refractivity contribution in [2.24, 2.45) is 5.10 Å². The fourth-order valence-corrected chi connectivity index (χ4v) is 2.78. The molecule has 1 fully saturated rings. The largest absolute Gasteiger partial charge is 0.495 e. The normalized spacial score (nSPS) is 14.2. The van der Waals surface area contributed by atoms with Gasteiger partial charge in [-0.05, 0) is 29.8 Å². The lowest BCUT2D eigenvalue weighted by atomic mass is 10.2. The number of carbonyl (C=O) groups excluding carboxylic acids is 1. The van der Waals surface area contributed by atoms with Crippen molar-refractivity contribution >= 4 is 23.5 Å². The van der Waals surface area contributed by atoms with Crippen molar-refractivity contribution in [1.29, 1.82) is 0 Å². The molecule has 2 N–H and O–H groups in total. The lowest BCUT2D eigenvalue weighted by molar-refractivity contribution is -0.119. The maximum Gasteiger partial charge on any atom is 0.259 e. The molecule has 3 rings (SSSR count). The van der Waals surface area contributed by atoms with Crippen LogP contribution in [-0.4, -0.2) is 52.1 Å². The second-order valence-corrected chi connectivity index (χ2v) is 6.04. The van der Waals surface area contributed by atoms with Crippen LogP contribution in [0.5, 0.6) is 5.75 Å². The number of carbonyl (C=O) groups is 1. The van der Waals surface area contributed by atoms with Crippen molar-refractivity contribution < 1.29 is 14.3 Å². The summed E-state index contributed by atoms with van der Waals surface area (Å²) in [5.41, 5.74) is 5.37. The van der Waals surface area contributed by atoms with E-state index in [2.05, 4.69) is 32.9 Å². The van der Waals surface area contributed by atoms with Crippen molar-refractivity contribution in [3.05, 3.63) is 54.1 Å². The van der Waals surface area contributed by atoms with Gasteiger partial charge in [-0.25, -0.2) is 5.43 Å². The van der Waals surface area contributed by atoms with E-state index in [1.54, 1.807) is 13.3 Å². The Balaban J connectivity index is 1.46. The molecule has 7 nitrogen and oxygen atoms in total. The van der Waals surface area contributed by atoms with Crippen molar-refractivity contribution in [2.75, 3.05) is 50.2 Å². The Morgan fingerprint density at radius 2 is 1.93 bits per heavy atom. The Morgan fingerprint density at radius 3 is 2.67 bits per heavy atom. The predicted octanol–water partition coefficient (Wildman–Crippen LogP) is 2.09. The quantitative estimate of drug-likeness (QED) is 0.578. The van der Waals surface area contributed by atoms with Gasteiger partial charge >= 0.3 is 0 Å². The summed E-state index contributed by atoms with van der Waals surface area (Å²) in [6, 6.07) is 15.5. The van der Waals surface area contributed by atoms with Gasteiger partial charge in [0.15, 0.2) is 0 Å². The lowest BCUT2D eigenvalue weighted by Gasteiger charge is -2.28. The highest BCUT2D eigenvalue weighted by Crippen LogP contribution is 2.22. The minimum atomic E-state index is -0.234. The summed E-state index contributed by atoms with van der Waals surface area (Å²) < 4.78 is 10.6. The molecule has 0 bridgehead atoms. The van der Waals surface area contributed by atoms with Crippen LogP contribution in [0.4, 0.5) is 11.4 Å². The smallest absolute Gasteiger partial charge is 0.259 e. The van der Waals surface area contributed by atoms with E-state index in [0.717, 1.165) is 37.6 Å². The molecule has 27 heavy (non-hydrogen) atoms. The van der Waals surface area contributed by atoms with Crippen LogP contribution in [0.2, 0.25) is 0 Å². The molecule has 0 unspecified atom stereocenters. The van der Waals surface area contributed by atoms with Gasteiger partial charge < -0.3 is 19.7 Å². The molecule has 1 aliphatic heterocycles. The van der Waals surface area contributed by atoms with Crippen LogP contribution in [0.1, 0.15) is 5.56 Å². The molecule has 7 heteroatoms. The summed E-state index contributed by atoms with van der Waals surface area (Å²) in [7, 11) is 1.59. The van der Waals surface area contributed by atoms with Gasteiger partial charge in [-0.1, -0.05) is 24.3 Å². The summed E-state index contributed by atoms with van der Waals surface area (Å²) in [4.78, 5) is 14.2. The van der Waals surface area contributed by atoms with Crippen LogP contribution in [0.3, 0.4) is 0 Å². The molecule has 1 amide bonds. The highest BCUT2D eigenvalue weighted by molar-refractivity contribution is 5.84. The number of rotatable bonds is 7. The predicted molar refractivity (Wildman–Crippen MR) is 107 cm³/mol. The standard InChI is InChI=1S/C20H24N4O3/c1-26-19-5-3-2-4-18(19)21-15-20(25)23-22-14-16-6-8-17(9-7-16)24-10-12-27-13-11-24/h2-9,14,21H,10-13,15H2,1H3,(H,23,25)/b22-14+. The molecule has 2 aromatic carbocycles. The van der Waals surface area contributed by atoms with Gasteiger partial charge in [0.1, 0.15) is 5.75 Å². The number of morpholine rings is 1. The highest BCUT2D eigenvalue weighted by atomic mass is 16.5. The van der Waals surface area contributed by atoms with Crippen LogP contribution in [-0.2, 0) is 9.53 Å². The van der Waals surface area contributed by atoms with Crippen molar-refractivity contribution in [2.45, 2.75) is 0 Å². The topological polar surface area (TPSA) is 75.2 Å². The van der Waals surface area contributed by atoms with Crippen LogP contribution in [0, 0.1) is 0 Å². The van der Waals surface area contributed by atoms with Crippen LogP contribution in [0.25, 0.3) is 0 Å². The van der Waals surface area contributed by atoms with Gasteiger partial charge in [-0.15, -0.1) is 0 Å². The minimum absolute atomic E-state index is 0.105. The molecule has 0 spiro atoms. The number of benzene rings is 2. The maximum atomic E-state index is 11.9. The number of nitrogens with zero attached hydrogens (tertiary/aromatic N) is 2. The van der Waals surface area contributed by atoms with E-state index in [1.807, 2.05) is 36.4 Å². The van der Waals surface area contributed by atoms with E-state index < -0.39 is 0 Å². The first kappa shape index (κ1) is 18.7. The molecular formula is C20H24N4O3. The zero-order valence-electron chi connectivity index (χ0n) is 15.4. The summed E-state index contributed by atoms with van der Waals surface area (Å²) in [6.45, 7) is 3.44. The first-order valence-electron chi connectivity index (χ1n) is 8.88. The molecule has 1 saturated heterocycles. The van der Waals surface area contributed by atoms with Crippen molar-refractivity contribution in [1.82, 2.24) is 5.43 Å². The van der Waals surface area contributed by atoms with Gasteiger partial charge in [-0.2, -0.15) is 5.10 Å². The van der Waals surface area contributed by atoms with Crippen molar-refractivity contribution in [3.63, 3.8) is 0 Å². The van der Waals surface area contributed by atoms with Gasteiger partial charge in [0.25, 0.3) is 5.91 Å². The number of methoxy groups -OCH3 is 1. The van der Waals surface area contributed by atoms with Crippen LogP contribution in [0.15, 0.2) is 53.6 Å². The molecule has 0 atom stereocenters. The van der Waals surface area contributed by atoms with Gasteiger partial charge in [0.05, 0.1) is 38.8 Å². The zero-order chi connectivity index (χ0) is 18.9. The van der Waals surface area contributed by atoms with Crippen LogP contribution >= 0.6 is 0 Å². The highest BCUT2D eigenvalue weighted by Gasteiger charge is 2.10. The third kappa shape index (κ3) is 5.46. The number of hydrogen-bond acceptors (Lipinski definition) is 6. The number of hydrazone groups is 1. The van der Waals surface area contributed by atoms with E-state index in [9.17, 15) is 4.79 Å². The number of amides is 1. The number of anilines is 2. The first-order chi connectivity index (χ1) is 13.3. The third-order valence-electron chi connectivity index (χ3n) is 4.22. The van der Waals surface area contributed by atoms with Crippen LogP contribution < -0.4 is 20.4 Å². The molecular weight excluding hydrogens is 344 g/mol. The minimum Gasteiger partial charge on any atom is -0.495 e. The summed E-state index contributed by atoms with van der Waals surface area (Å²) in [6.07, 6.45) is 1.63. The second-order valence-electron chi connectivity index (χ2n) is 6.04. The molecule has 1 aliphatic rings. The van der Waals surface area contributed by atoms with Gasteiger partial charge in [0.2, 0.25) is 0 Å². The lowest BCUT2D eigenvalue weighted by Crippen LogP contribution is -2.36. The first-order valence-corrected chi connectivity index (χ1v) is 8.88. The maximum absolute atomic E-state index is 11.9. The van der Waals surface area contributed by atoms with Gasteiger partial charge in [-0.3, -0.25) is 4.79 Å². The number of nitrogens with one attached hydrogen (secondary N) is 2. The summed E-state index contributed by atoms with van der Waals surface area (Å²) in [5, 5.41) is 7.04. The summed E-state index contributed by atoms with van der Waals surface area (Å²) in [5.74, 6) is 0.455. The van der Waals surface area contributed by atoms with E-state index in [4.69, 9.17) is 9.47 Å². The number of hydrogen-bond donors (Lipinski definition) is 2. The molecule has 0 aliphatic carbocycles. The van der Waals surface area contributed by atoms with E-state index >= 15 is 0 Å².